The van der Waals surface area contributed by atoms with Crippen molar-refractivity contribution in [1.82, 2.24) is 15.5 Å². The SMILES string of the molecule is CSCCC(NC(=O)C(N)CC(N)=O)C(=O)NC(CC(N)=O)C(=O)N1CCCC1C(=O)O. The highest BCUT2D eigenvalue weighted by atomic mass is 32.2. The number of hydrogen-bond acceptors (Lipinski definition) is 8. The Morgan fingerprint density at radius 3 is 2.16 bits per heavy atom. The molecular formula is C18H30N6O7S. The Bertz CT molecular complexity index is 749. The van der Waals surface area contributed by atoms with Gasteiger partial charge in [-0.25, -0.2) is 4.79 Å². The number of primary amides is 2. The second kappa shape index (κ2) is 12.9. The number of nitrogens with one attached hydrogen (secondary N) is 2. The molecule has 0 bridgehead atoms. The summed E-state index contributed by atoms with van der Waals surface area (Å²) in [7, 11) is 0. The number of rotatable bonds is 13. The lowest BCUT2D eigenvalue weighted by Crippen LogP contribution is -2.58. The van der Waals surface area contributed by atoms with E-state index in [9.17, 15) is 33.9 Å². The average molecular weight is 475 g/mol. The molecule has 0 aromatic heterocycles. The van der Waals surface area contributed by atoms with Gasteiger partial charge < -0.3 is 37.8 Å². The molecule has 0 radical (unpaired) electrons. The van der Waals surface area contributed by atoms with Crippen LogP contribution in [0.2, 0.25) is 0 Å². The molecule has 5 amide bonds. The number of likely N-dealkylation sites (tertiary alicyclic amines) is 1. The summed E-state index contributed by atoms with van der Waals surface area (Å²) in [5, 5.41) is 14.1. The largest absolute Gasteiger partial charge is 0.480 e. The summed E-state index contributed by atoms with van der Waals surface area (Å²) in [4.78, 5) is 72.9. The van der Waals surface area contributed by atoms with Crippen LogP contribution in [-0.4, -0.2) is 88.2 Å². The molecule has 1 aliphatic rings. The summed E-state index contributed by atoms with van der Waals surface area (Å²) in [5.74, 6) is -4.69. The van der Waals surface area contributed by atoms with Gasteiger partial charge in [-0.05, 0) is 31.3 Å². The maximum atomic E-state index is 12.9. The van der Waals surface area contributed by atoms with Crippen molar-refractivity contribution in [1.29, 1.82) is 0 Å². The van der Waals surface area contributed by atoms with Crippen LogP contribution in [0.5, 0.6) is 0 Å². The predicted molar refractivity (Wildman–Crippen MR) is 115 cm³/mol. The second-order valence-corrected chi connectivity index (χ2v) is 8.36. The van der Waals surface area contributed by atoms with Crippen molar-refractivity contribution < 1.29 is 33.9 Å². The standard InChI is InChI=1S/C18H30N6O7S/c1-32-6-4-10(22-15(27)9(19)7-13(20)25)16(28)23-11(8-14(21)26)17(29)24-5-2-3-12(24)18(30)31/h9-12H,2-8,19H2,1H3,(H2,20,25)(H2,21,26)(H,22,27)(H,23,28)(H,30,31). The predicted octanol–water partition coefficient (Wildman–Crippen LogP) is -3.14. The lowest BCUT2D eigenvalue weighted by molar-refractivity contribution is -0.149. The summed E-state index contributed by atoms with van der Waals surface area (Å²) < 4.78 is 0. The topological polar surface area (TPSA) is 228 Å². The van der Waals surface area contributed by atoms with Crippen molar-refractivity contribution in [3.63, 3.8) is 0 Å². The van der Waals surface area contributed by atoms with Crippen LogP contribution in [-0.2, 0) is 28.8 Å². The Kier molecular flexibility index (Phi) is 10.9. The number of nitrogens with zero attached hydrogens (tertiary/aromatic N) is 1. The summed E-state index contributed by atoms with van der Waals surface area (Å²) in [6, 6.07) is -4.84. The highest BCUT2D eigenvalue weighted by Crippen LogP contribution is 2.19. The number of carboxylic acid groups (broad SMARTS) is 1. The average Bonchev–Trinajstić information content (AvgIpc) is 3.19. The van der Waals surface area contributed by atoms with E-state index in [4.69, 9.17) is 17.2 Å². The fourth-order valence-electron chi connectivity index (χ4n) is 3.25. The van der Waals surface area contributed by atoms with Gasteiger partial charge in [0.1, 0.15) is 18.1 Å². The van der Waals surface area contributed by atoms with Crippen LogP contribution in [0.3, 0.4) is 0 Å². The summed E-state index contributed by atoms with van der Waals surface area (Å²) in [5.41, 5.74) is 15.9. The van der Waals surface area contributed by atoms with E-state index in [0.29, 0.717) is 12.2 Å². The number of carbonyl (C=O) groups is 6. The molecule has 14 heteroatoms. The van der Waals surface area contributed by atoms with E-state index in [-0.39, 0.29) is 19.4 Å². The third-order valence-corrected chi connectivity index (χ3v) is 5.49. The fraction of sp³-hybridized carbons (Fsp3) is 0.667. The van der Waals surface area contributed by atoms with Crippen LogP contribution in [0.4, 0.5) is 0 Å². The molecule has 32 heavy (non-hydrogen) atoms. The van der Waals surface area contributed by atoms with Gasteiger partial charge in [-0.15, -0.1) is 0 Å². The van der Waals surface area contributed by atoms with Gasteiger partial charge >= 0.3 is 5.97 Å². The minimum absolute atomic E-state index is 0.162. The number of amides is 5. The van der Waals surface area contributed by atoms with E-state index >= 15 is 0 Å². The van der Waals surface area contributed by atoms with Crippen molar-refractivity contribution >= 4 is 47.3 Å². The Balaban J connectivity index is 2.98. The highest BCUT2D eigenvalue weighted by molar-refractivity contribution is 7.98. The lowest BCUT2D eigenvalue weighted by atomic mass is 10.1. The molecule has 0 saturated carbocycles. The number of nitrogens with two attached hydrogens (primary N) is 3. The minimum atomic E-state index is -1.40. The van der Waals surface area contributed by atoms with Gasteiger partial charge in [0.25, 0.3) is 0 Å². The zero-order valence-corrected chi connectivity index (χ0v) is 18.6. The normalized spacial score (nSPS) is 18.3. The Morgan fingerprint density at radius 2 is 1.62 bits per heavy atom. The van der Waals surface area contributed by atoms with Crippen LogP contribution in [0.15, 0.2) is 0 Å². The first-order chi connectivity index (χ1) is 15.0. The van der Waals surface area contributed by atoms with Gasteiger partial charge in [0.15, 0.2) is 0 Å². The molecule has 0 aliphatic carbocycles. The van der Waals surface area contributed by atoms with Crippen LogP contribution >= 0.6 is 11.8 Å². The fourth-order valence-corrected chi connectivity index (χ4v) is 3.73. The Hall–Kier alpha value is -2.87. The second-order valence-electron chi connectivity index (χ2n) is 7.38. The molecule has 0 aromatic carbocycles. The highest BCUT2D eigenvalue weighted by Gasteiger charge is 2.39. The first kappa shape index (κ1) is 27.2. The molecule has 13 nitrogen and oxygen atoms in total. The molecule has 9 N–H and O–H groups in total. The molecule has 180 valence electrons. The molecule has 0 spiro atoms. The van der Waals surface area contributed by atoms with E-state index < -0.39 is 72.5 Å². The molecule has 1 rings (SSSR count). The van der Waals surface area contributed by atoms with Gasteiger partial charge in [-0.3, -0.25) is 24.0 Å². The molecule has 1 aliphatic heterocycles. The van der Waals surface area contributed by atoms with E-state index in [1.807, 2.05) is 0 Å². The van der Waals surface area contributed by atoms with Gasteiger partial charge in [0.05, 0.1) is 18.9 Å². The van der Waals surface area contributed by atoms with Crippen molar-refractivity contribution in [2.45, 2.75) is 56.3 Å². The van der Waals surface area contributed by atoms with E-state index in [2.05, 4.69) is 10.6 Å². The maximum absolute atomic E-state index is 12.9. The van der Waals surface area contributed by atoms with E-state index in [0.717, 1.165) is 4.90 Å². The first-order valence-electron chi connectivity index (χ1n) is 9.93. The number of aliphatic carboxylic acids is 1. The molecular weight excluding hydrogens is 444 g/mol. The Morgan fingerprint density at radius 1 is 1.03 bits per heavy atom. The van der Waals surface area contributed by atoms with Gasteiger partial charge in [-0.1, -0.05) is 0 Å². The number of thioether (sulfide) groups is 1. The molecule has 1 saturated heterocycles. The van der Waals surface area contributed by atoms with Crippen LogP contribution in [0, 0.1) is 0 Å². The van der Waals surface area contributed by atoms with Crippen molar-refractivity contribution in [3.05, 3.63) is 0 Å². The quantitative estimate of drug-likeness (QED) is 0.158. The maximum Gasteiger partial charge on any atom is 0.326 e. The van der Waals surface area contributed by atoms with Gasteiger partial charge in [0, 0.05) is 6.54 Å². The third-order valence-electron chi connectivity index (χ3n) is 4.84. The van der Waals surface area contributed by atoms with Crippen LogP contribution < -0.4 is 27.8 Å². The van der Waals surface area contributed by atoms with Crippen molar-refractivity contribution in [2.24, 2.45) is 17.2 Å². The van der Waals surface area contributed by atoms with E-state index in [1.165, 1.54) is 11.8 Å². The van der Waals surface area contributed by atoms with Crippen LogP contribution in [0.25, 0.3) is 0 Å². The third kappa shape index (κ3) is 8.34. The molecule has 1 heterocycles. The van der Waals surface area contributed by atoms with Crippen molar-refractivity contribution in [2.75, 3.05) is 18.6 Å². The zero-order valence-electron chi connectivity index (χ0n) is 17.7. The summed E-state index contributed by atoms with van der Waals surface area (Å²) >= 11 is 1.40. The lowest BCUT2D eigenvalue weighted by Gasteiger charge is -2.28. The number of hydrogen-bond donors (Lipinski definition) is 6. The van der Waals surface area contributed by atoms with Gasteiger partial charge in [0.2, 0.25) is 29.5 Å². The molecule has 4 unspecified atom stereocenters. The summed E-state index contributed by atoms with van der Waals surface area (Å²) in [6.07, 6.45) is 1.71. The Labute approximate surface area is 189 Å². The molecule has 0 aromatic rings. The van der Waals surface area contributed by atoms with Crippen molar-refractivity contribution in [3.8, 4) is 0 Å². The summed E-state index contributed by atoms with van der Waals surface area (Å²) in [6.45, 7) is 0.162. The number of carboxylic acids is 1. The van der Waals surface area contributed by atoms with Crippen LogP contribution in [0.1, 0.15) is 32.1 Å². The zero-order chi connectivity index (χ0) is 24.4. The molecule has 4 atom stereocenters. The smallest absolute Gasteiger partial charge is 0.326 e. The first-order valence-corrected chi connectivity index (χ1v) is 11.3. The molecule has 1 fully saturated rings. The monoisotopic (exact) mass is 474 g/mol. The number of carbonyl (C=O) groups excluding carboxylic acids is 5. The minimum Gasteiger partial charge on any atom is -0.480 e. The van der Waals surface area contributed by atoms with Gasteiger partial charge in [-0.2, -0.15) is 11.8 Å². The van der Waals surface area contributed by atoms with E-state index in [1.54, 1.807) is 6.26 Å².